The lowest BCUT2D eigenvalue weighted by Crippen LogP contribution is -2.09. The van der Waals surface area contributed by atoms with Crippen LogP contribution in [0, 0.1) is 0 Å². The Balaban J connectivity index is 1.86. The standard InChI is InChI=1S/C13H19N3OS/c1-16-12-6-3-2-5-11(12)15-13(16)14-7-10-18-9-4-8-17/h2-3,5-6,17H,4,7-10H2,1H3,(H,14,15). The molecule has 0 unspecified atom stereocenters. The van der Waals surface area contributed by atoms with Crippen LogP contribution in [0.15, 0.2) is 24.3 Å². The van der Waals surface area contributed by atoms with Crippen LogP contribution in [0.25, 0.3) is 11.0 Å². The Morgan fingerprint density at radius 1 is 1.33 bits per heavy atom. The van der Waals surface area contributed by atoms with Gasteiger partial charge in [0.2, 0.25) is 5.95 Å². The molecule has 0 aliphatic carbocycles. The lowest BCUT2D eigenvalue weighted by atomic mass is 10.3. The summed E-state index contributed by atoms with van der Waals surface area (Å²) < 4.78 is 2.08. The van der Waals surface area contributed by atoms with Crippen LogP contribution in [-0.2, 0) is 7.05 Å². The molecule has 0 saturated carbocycles. The SMILES string of the molecule is Cn1c(NCCSCCCO)nc2ccccc21. The van der Waals surface area contributed by atoms with Crippen molar-refractivity contribution in [2.24, 2.45) is 7.05 Å². The molecule has 18 heavy (non-hydrogen) atoms. The van der Waals surface area contributed by atoms with E-state index in [1.807, 2.05) is 37.0 Å². The van der Waals surface area contributed by atoms with Crippen molar-refractivity contribution in [3.63, 3.8) is 0 Å². The molecule has 5 heteroatoms. The van der Waals surface area contributed by atoms with Crippen LogP contribution in [-0.4, -0.2) is 39.3 Å². The van der Waals surface area contributed by atoms with Gasteiger partial charge < -0.3 is 15.0 Å². The maximum atomic E-state index is 8.68. The van der Waals surface area contributed by atoms with E-state index in [2.05, 4.69) is 20.9 Å². The number of imidazole rings is 1. The topological polar surface area (TPSA) is 50.1 Å². The maximum Gasteiger partial charge on any atom is 0.203 e. The predicted molar refractivity (Wildman–Crippen MR) is 78.2 cm³/mol. The van der Waals surface area contributed by atoms with Gasteiger partial charge >= 0.3 is 0 Å². The summed E-state index contributed by atoms with van der Waals surface area (Å²) in [6.07, 6.45) is 0.872. The fourth-order valence-corrected chi connectivity index (χ4v) is 2.59. The number of nitrogens with one attached hydrogen (secondary N) is 1. The fraction of sp³-hybridized carbons (Fsp3) is 0.462. The zero-order valence-electron chi connectivity index (χ0n) is 10.6. The van der Waals surface area contributed by atoms with Gasteiger partial charge in [-0.25, -0.2) is 4.98 Å². The van der Waals surface area contributed by atoms with Crippen LogP contribution in [0.2, 0.25) is 0 Å². The predicted octanol–water partition coefficient (Wildman–Crippen LogP) is 2.10. The highest BCUT2D eigenvalue weighted by Crippen LogP contribution is 2.17. The average molecular weight is 265 g/mol. The van der Waals surface area contributed by atoms with E-state index in [1.165, 1.54) is 0 Å². The Hall–Kier alpha value is -1.20. The molecule has 4 nitrogen and oxygen atoms in total. The molecule has 0 spiro atoms. The first-order chi connectivity index (χ1) is 8.83. The number of fused-ring (bicyclic) bond motifs is 1. The number of hydrogen-bond acceptors (Lipinski definition) is 4. The Morgan fingerprint density at radius 3 is 2.94 bits per heavy atom. The van der Waals surface area contributed by atoms with Gasteiger partial charge in [-0.15, -0.1) is 0 Å². The molecule has 0 amide bonds. The minimum Gasteiger partial charge on any atom is -0.396 e. The van der Waals surface area contributed by atoms with E-state index in [4.69, 9.17) is 5.11 Å². The maximum absolute atomic E-state index is 8.68. The van der Waals surface area contributed by atoms with Crippen LogP contribution < -0.4 is 5.32 Å². The van der Waals surface area contributed by atoms with Gasteiger partial charge in [0, 0.05) is 26.0 Å². The molecule has 0 radical (unpaired) electrons. The molecule has 0 saturated heterocycles. The minimum absolute atomic E-state index is 0.283. The van der Waals surface area contributed by atoms with Gasteiger partial charge in [0.1, 0.15) is 0 Å². The van der Waals surface area contributed by atoms with Gasteiger partial charge in [0.05, 0.1) is 11.0 Å². The first kappa shape index (κ1) is 13.2. The summed E-state index contributed by atoms with van der Waals surface area (Å²) in [5.41, 5.74) is 2.17. The van der Waals surface area contributed by atoms with Crippen molar-refractivity contribution in [2.75, 3.05) is 30.0 Å². The monoisotopic (exact) mass is 265 g/mol. The Labute approximate surface area is 111 Å². The third-order valence-electron chi connectivity index (χ3n) is 2.76. The quantitative estimate of drug-likeness (QED) is 0.753. The highest BCUT2D eigenvalue weighted by atomic mass is 32.2. The van der Waals surface area contributed by atoms with Crippen LogP contribution in [0.3, 0.4) is 0 Å². The number of para-hydroxylation sites is 2. The molecule has 98 valence electrons. The molecule has 2 rings (SSSR count). The second-order valence-corrected chi connectivity index (χ2v) is 5.32. The summed E-state index contributed by atoms with van der Waals surface area (Å²) in [5.74, 6) is 2.96. The van der Waals surface area contributed by atoms with Crippen molar-refractivity contribution < 1.29 is 5.11 Å². The van der Waals surface area contributed by atoms with Crippen LogP contribution >= 0.6 is 11.8 Å². The molecule has 1 aromatic carbocycles. The number of thioether (sulfide) groups is 1. The Kier molecular flexibility index (Phi) is 4.90. The first-order valence-electron chi connectivity index (χ1n) is 6.17. The number of rotatable bonds is 7. The van der Waals surface area contributed by atoms with Gasteiger partial charge in [-0.2, -0.15) is 11.8 Å². The number of benzene rings is 1. The highest BCUT2D eigenvalue weighted by Gasteiger charge is 2.05. The number of aliphatic hydroxyl groups is 1. The lowest BCUT2D eigenvalue weighted by Gasteiger charge is -2.05. The summed E-state index contributed by atoms with van der Waals surface area (Å²) in [7, 11) is 2.02. The van der Waals surface area contributed by atoms with Crippen molar-refractivity contribution in [2.45, 2.75) is 6.42 Å². The van der Waals surface area contributed by atoms with E-state index in [0.717, 1.165) is 41.5 Å². The van der Waals surface area contributed by atoms with Crippen LogP contribution in [0.4, 0.5) is 5.95 Å². The van der Waals surface area contributed by atoms with Crippen LogP contribution in [0.5, 0.6) is 0 Å². The van der Waals surface area contributed by atoms with Gasteiger partial charge in [-0.1, -0.05) is 12.1 Å². The van der Waals surface area contributed by atoms with Crippen molar-refractivity contribution in [3.8, 4) is 0 Å². The molecule has 0 fully saturated rings. The molecule has 0 atom stereocenters. The number of aliphatic hydroxyl groups excluding tert-OH is 1. The zero-order chi connectivity index (χ0) is 12.8. The van der Waals surface area contributed by atoms with E-state index in [1.54, 1.807) is 0 Å². The molecule has 2 N–H and O–H groups in total. The van der Waals surface area contributed by atoms with E-state index >= 15 is 0 Å². The van der Waals surface area contributed by atoms with E-state index < -0.39 is 0 Å². The smallest absolute Gasteiger partial charge is 0.203 e. The van der Waals surface area contributed by atoms with E-state index in [9.17, 15) is 0 Å². The molecule has 1 aromatic heterocycles. The molecule has 0 aliphatic rings. The first-order valence-corrected chi connectivity index (χ1v) is 7.32. The summed E-state index contributed by atoms with van der Waals surface area (Å²) in [4.78, 5) is 4.55. The normalized spacial score (nSPS) is 11.0. The Morgan fingerprint density at radius 2 is 2.17 bits per heavy atom. The van der Waals surface area contributed by atoms with Crippen molar-refractivity contribution in [3.05, 3.63) is 24.3 Å². The van der Waals surface area contributed by atoms with Crippen molar-refractivity contribution in [1.29, 1.82) is 0 Å². The number of aromatic nitrogens is 2. The van der Waals surface area contributed by atoms with Crippen molar-refractivity contribution in [1.82, 2.24) is 9.55 Å². The molecule has 2 aromatic rings. The second-order valence-electron chi connectivity index (χ2n) is 4.10. The highest BCUT2D eigenvalue weighted by molar-refractivity contribution is 7.99. The molecule has 1 heterocycles. The van der Waals surface area contributed by atoms with E-state index in [0.29, 0.717) is 0 Å². The third-order valence-corrected chi connectivity index (χ3v) is 3.83. The number of aryl methyl sites for hydroxylation is 1. The molecular formula is C13H19N3OS. The lowest BCUT2D eigenvalue weighted by molar-refractivity contribution is 0.296. The molecule has 0 bridgehead atoms. The minimum atomic E-state index is 0.283. The average Bonchev–Trinajstić information content (AvgIpc) is 2.71. The summed E-state index contributed by atoms with van der Waals surface area (Å²) in [6.45, 7) is 1.18. The number of hydrogen-bond donors (Lipinski definition) is 2. The van der Waals surface area contributed by atoms with Crippen LogP contribution in [0.1, 0.15) is 6.42 Å². The summed E-state index contributed by atoms with van der Waals surface area (Å²) >= 11 is 1.85. The third kappa shape index (κ3) is 3.17. The zero-order valence-corrected chi connectivity index (χ0v) is 11.4. The van der Waals surface area contributed by atoms with Gasteiger partial charge in [0.25, 0.3) is 0 Å². The summed E-state index contributed by atoms with van der Waals surface area (Å²) in [5, 5.41) is 12.0. The largest absolute Gasteiger partial charge is 0.396 e. The van der Waals surface area contributed by atoms with Gasteiger partial charge in [-0.05, 0) is 24.3 Å². The van der Waals surface area contributed by atoms with Crippen molar-refractivity contribution >= 4 is 28.7 Å². The number of nitrogens with zero attached hydrogens (tertiary/aromatic N) is 2. The summed E-state index contributed by atoms with van der Waals surface area (Å²) in [6, 6.07) is 8.13. The molecule has 0 aliphatic heterocycles. The molecular weight excluding hydrogens is 246 g/mol. The Bertz CT molecular complexity index is 498. The number of anilines is 1. The van der Waals surface area contributed by atoms with Gasteiger partial charge in [0.15, 0.2) is 0 Å². The fourth-order valence-electron chi connectivity index (χ4n) is 1.81. The second kappa shape index (κ2) is 6.66. The van der Waals surface area contributed by atoms with Gasteiger partial charge in [-0.3, -0.25) is 0 Å². The van der Waals surface area contributed by atoms with E-state index in [-0.39, 0.29) is 6.61 Å².